The van der Waals surface area contributed by atoms with E-state index in [0.29, 0.717) is 66.3 Å². The summed E-state index contributed by atoms with van der Waals surface area (Å²) in [5.41, 5.74) is 0.879. The summed E-state index contributed by atoms with van der Waals surface area (Å²) < 4.78 is 45.4. The number of rotatable bonds is 8. The molecule has 2 aromatic carbocycles. The van der Waals surface area contributed by atoms with Gasteiger partial charge in [0.05, 0.1) is 42.2 Å². The molecule has 3 aromatic rings. The maximum absolute atomic E-state index is 14.3. The van der Waals surface area contributed by atoms with Gasteiger partial charge < -0.3 is 24.4 Å². The Kier molecular flexibility index (Phi) is 9.79. The number of methoxy groups -OCH3 is 2. The average molecular weight is 734 g/mol. The van der Waals surface area contributed by atoms with Gasteiger partial charge in [0.1, 0.15) is 23.1 Å². The van der Waals surface area contributed by atoms with Crippen LogP contribution < -0.4 is 24.2 Å². The second-order valence-electron chi connectivity index (χ2n) is 14.8. The monoisotopic (exact) mass is 733 g/mol. The zero-order valence-electron chi connectivity index (χ0n) is 30.1. The predicted molar refractivity (Wildman–Crippen MR) is 193 cm³/mol. The van der Waals surface area contributed by atoms with Crippen molar-refractivity contribution in [1.29, 1.82) is 0 Å². The Morgan fingerprint density at radius 1 is 0.942 bits per heavy atom. The number of amides is 3. The molecule has 3 amide bonds. The lowest BCUT2D eigenvalue weighted by atomic mass is 9.92. The number of carbonyl (C=O) groups is 3. The van der Waals surface area contributed by atoms with Crippen LogP contribution in [0.3, 0.4) is 0 Å². The predicted octanol–water partition coefficient (Wildman–Crippen LogP) is 4.30. The highest BCUT2D eigenvalue weighted by molar-refractivity contribution is 7.91. The highest BCUT2D eigenvalue weighted by atomic mass is 32.2. The minimum Gasteiger partial charge on any atom is -0.497 e. The Balaban J connectivity index is 1.20. The first kappa shape index (κ1) is 35.9. The van der Waals surface area contributed by atoms with E-state index in [1.165, 1.54) is 0 Å². The molecule has 0 spiro atoms. The van der Waals surface area contributed by atoms with Gasteiger partial charge in [0.2, 0.25) is 27.7 Å². The smallest absolute Gasteiger partial charge is 0.259 e. The highest BCUT2D eigenvalue weighted by Gasteiger charge is 2.62. The Morgan fingerprint density at radius 2 is 1.67 bits per heavy atom. The molecule has 4 fully saturated rings. The fourth-order valence-corrected chi connectivity index (χ4v) is 9.28. The molecule has 1 aliphatic heterocycles. The van der Waals surface area contributed by atoms with Gasteiger partial charge in [-0.15, -0.1) is 0 Å². The van der Waals surface area contributed by atoms with Gasteiger partial charge in [-0.25, -0.2) is 13.4 Å². The third-order valence-electron chi connectivity index (χ3n) is 11.3. The number of carbonyl (C=O) groups excluding carboxylic acids is 3. The summed E-state index contributed by atoms with van der Waals surface area (Å²) in [6.45, 7) is 2.49. The SMILES string of the molecule is COc1ccc(-c2nc(O[C@@H]3C[C@H]4C(=O)N[C@]5(C(=O)NS(=O)(=O)C6CC6)C[C@H]5CCCCCCN(C)C(=O)[C@@H]4C3)c3ccc(OC)c(C)c3n2)cc1. The topological polar surface area (TPSA) is 166 Å². The number of hydrogen-bond acceptors (Lipinski definition) is 10. The molecule has 278 valence electrons. The van der Waals surface area contributed by atoms with Crippen LogP contribution in [0.1, 0.15) is 69.8 Å². The Morgan fingerprint density at radius 3 is 2.38 bits per heavy atom. The van der Waals surface area contributed by atoms with Crippen molar-refractivity contribution >= 4 is 38.6 Å². The van der Waals surface area contributed by atoms with E-state index in [1.54, 1.807) is 26.2 Å². The van der Waals surface area contributed by atoms with Crippen LogP contribution in [0.4, 0.5) is 0 Å². The molecule has 3 saturated carbocycles. The summed E-state index contributed by atoms with van der Waals surface area (Å²) in [5, 5.41) is 3.08. The van der Waals surface area contributed by atoms with E-state index in [4.69, 9.17) is 24.2 Å². The van der Waals surface area contributed by atoms with Gasteiger partial charge in [0, 0.05) is 24.7 Å². The number of nitrogens with zero attached hydrogens (tertiary/aromatic N) is 3. The number of ether oxygens (including phenoxy) is 3. The van der Waals surface area contributed by atoms with E-state index in [1.807, 2.05) is 43.3 Å². The molecular weight excluding hydrogens is 687 g/mol. The van der Waals surface area contributed by atoms with Gasteiger partial charge in [-0.3, -0.25) is 19.1 Å². The maximum atomic E-state index is 14.3. The summed E-state index contributed by atoms with van der Waals surface area (Å²) in [5.74, 6) is -0.857. The first-order chi connectivity index (χ1) is 24.9. The van der Waals surface area contributed by atoms with Crippen LogP contribution in [0.5, 0.6) is 17.4 Å². The van der Waals surface area contributed by atoms with Crippen LogP contribution in [0.25, 0.3) is 22.3 Å². The van der Waals surface area contributed by atoms with E-state index < -0.39 is 50.6 Å². The van der Waals surface area contributed by atoms with Gasteiger partial charge >= 0.3 is 0 Å². The fraction of sp³-hybridized carbons (Fsp3) is 0.553. The van der Waals surface area contributed by atoms with Gasteiger partial charge in [-0.2, -0.15) is 4.98 Å². The van der Waals surface area contributed by atoms with Crippen LogP contribution in [-0.2, 0) is 24.4 Å². The van der Waals surface area contributed by atoms with Crippen molar-refractivity contribution in [1.82, 2.24) is 24.9 Å². The molecule has 0 bridgehead atoms. The van der Waals surface area contributed by atoms with E-state index >= 15 is 0 Å². The normalized spacial score (nSPS) is 26.8. The van der Waals surface area contributed by atoms with Crippen molar-refractivity contribution in [2.45, 2.75) is 88.0 Å². The third-order valence-corrected chi connectivity index (χ3v) is 13.1. The molecule has 3 aliphatic carbocycles. The molecule has 2 heterocycles. The summed E-state index contributed by atoms with van der Waals surface area (Å²) in [6.07, 6.45) is 5.52. The molecule has 1 aromatic heterocycles. The van der Waals surface area contributed by atoms with Crippen molar-refractivity contribution in [2.75, 3.05) is 27.8 Å². The van der Waals surface area contributed by atoms with Crippen LogP contribution >= 0.6 is 0 Å². The van der Waals surface area contributed by atoms with Crippen LogP contribution in [0.15, 0.2) is 36.4 Å². The molecule has 5 atom stereocenters. The minimum absolute atomic E-state index is 0.155. The number of hydrogen-bond donors (Lipinski definition) is 2. The molecule has 52 heavy (non-hydrogen) atoms. The van der Waals surface area contributed by atoms with Gasteiger partial charge in [-0.1, -0.05) is 19.3 Å². The molecule has 0 radical (unpaired) electrons. The lowest BCUT2D eigenvalue weighted by Gasteiger charge is -2.27. The number of aryl methyl sites for hydroxylation is 1. The van der Waals surface area contributed by atoms with Crippen molar-refractivity contribution in [3.05, 3.63) is 42.0 Å². The van der Waals surface area contributed by atoms with Crippen molar-refractivity contribution in [3.8, 4) is 28.8 Å². The van der Waals surface area contributed by atoms with Crippen LogP contribution in [0.2, 0.25) is 0 Å². The molecule has 1 saturated heterocycles. The Bertz CT molecular complexity index is 1980. The van der Waals surface area contributed by atoms with E-state index in [0.717, 1.165) is 36.8 Å². The fourth-order valence-electron chi connectivity index (χ4n) is 7.92. The lowest BCUT2D eigenvalue weighted by Crippen LogP contribution is -2.54. The molecule has 2 N–H and O–H groups in total. The van der Waals surface area contributed by atoms with Crippen LogP contribution in [0, 0.1) is 24.7 Å². The third kappa shape index (κ3) is 7.01. The van der Waals surface area contributed by atoms with E-state index in [9.17, 15) is 22.8 Å². The summed E-state index contributed by atoms with van der Waals surface area (Å²) in [6, 6.07) is 11.1. The Labute approximate surface area is 304 Å². The average Bonchev–Trinajstić information content (AvgIpc) is 4.06. The second kappa shape index (κ2) is 14.2. The molecule has 4 aliphatic rings. The number of benzene rings is 2. The zero-order valence-corrected chi connectivity index (χ0v) is 31.0. The maximum Gasteiger partial charge on any atom is 0.259 e. The first-order valence-corrected chi connectivity index (χ1v) is 19.8. The minimum atomic E-state index is -3.81. The van der Waals surface area contributed by atoms with Crippen LogP contribution in [-0.4, -0.2) is 85.7 Å². The summed E-state index contributed by atoms with van der Waals surface area (Å²) >= 11 is 0. The largest absolute Gasteiger partial charge is 0.497 e. The van der Waals surface area contributed by atoms with Gasteiger partial charge in [0.25, 0.3) is 5.91 Å². The zero-order chi connectivity index (χ0) is 36.8. The van der Waals surface area contributed by atoms with Crippen molar-refractivity contribution in [3.63, 3.8) is 0 Å². The Hall–Kier alpha value is -4.46. The molecule has 14 heteroatoms. The lowest BCUT2D eigenvalue weighted by molar-refractivity contribution is -0.140. The number of sulfonamides is 1. The summed E-state index contributed by atoms with van der Waals surface area (Å²) in [4.78, 5) is 53.4. The summed E-state index contributed by atoms with van der Waals surface area (Å²) in [7, 11) is 1.15. The number of fused-ring (bicyclic) bond motifs is 3. The highest BCUT2D eigenvalue weighted by Crippen LogP contribution is 2.49. The van der Waals surface area contributed by atoms with Gasteiger partial charge in [0.15, 0.2) is 5.82 Å². The van der Waals surface area contributed by atoms with E-state index in [-0.39, 0.29) is 24.7 Å². The second-order valence-corrected chi connectivity index (χ2v) is 16.8. The molecular formula is C38H47N5O8S. The molecule has 13 nitrogen and oxygen atoms in total. The molecule has 7 rings (SSSR count). The van der Waals surface area contributed by atoms with E-state index in [2.05, 4.69) is 10.0 Å². The van der Waals surface area contributed by atoms with Crippen molar-refractivity contribution in [2.24, 2.45) is 17.8 Å². The van der Waals surface area contributed by atoms with Gasteiger partial charge in [-0.05, 0) is 94.2 Å². The van der Waals surface area contributed by atoms with Crippen molar-refractivity contribution < 1.29 is 37.0 Å². The standard InChI is InChI=1S/C38H47N5O8S/c1-22-31(50-4)17-16-28-32(22)39-33(23-10-12-25(49-3)13-11-23)40-35(28)51-26-19-29-30(20-26)36(45)43(2)18-8-6-5-7-9-24-21-38(24,41-34(29)44)37(46)42-52(47,48)27-14-15-27/h10-13,16-17,24,26-27,29-30H,5-9,14-15,18-21H2,1-4H3,(H,41,44)(H,42,46)/t24-,26-,29-,30-,38-/m1/s1. The quantitative estimate of drug-likeness (QED) is 0.341. The molecule has 0 unspecified atom stereocenters. The number of nitrogens with one attached hydrogen (secondary N) is 2. The number of aromatic nitrogens is 2. The first-order valence-electron chi connectivity index (χ1n) is 18.2.